The maximum Gasteiger partial charge on any atom is 0.316 e. The van der Waals surface area contributed by atoms with Crippen molar-refractivity contribution in [3.05, 3.63) is 29.8 Å². The Hall–Kier alpha value is -2.57. The fraction of sp³-hybridized carbons (Fsp3) is 0.400. The first-order valence-corrected chi connectivity index (χ1v) is 6.94. The molecule has 7 heteroatoms. The number of anilines is 1. The molecule has 7 nitrogen and oxygen atoms in total. The summed E-state index contributed by atoms with van der Waals surface area (Å²) in [6.07, 6.45) is 1.24. The van der Waals surface area contributed by atoms with Gasteiger partial charge in [-0.1, -0.05) is 0 Å². The van der Waals surface area contributed by atoms with Crippen LogP contribution in [0.5, 0.6) is 0 Å². The Morgan fingerprint density at radius 2 is 1.82 bits per heavy atom. The monoisotopic (exact) mass is 305 g/mol. The second-order valence-corrected chi connectivity index (χ2v) is 5.33. The lowest BCUT2D eigenvalue weighted by molar-refractivity contribution is -0.150. The molecule has 0 saturated heterocycles. The van der Waals surface area contributed by atoms with Gasteiger partial charge in [0.25, 0.3) is 5.91 Å². The molecule has 0 radical (unpaired) electrons. The van der Waals surface area contributed by atoms with E-state index in [1.54, 1.807) is 36.2 Å². The topological polar surface area (TPSA) is 102 Å². The Morgan fingerprint density at radius 3 is 2.32 bits per heavy atom. The van der Waals surface area contributed by atoms with Crippen molar-refractivity contribution >= 4 is 23.6 Å². The van der Waals surface area contributed by atoms with E-state index < -0.39 is 6.03 Å². The fourth-order valence-corrected chi connectivity index (χ4v) is 2.47. The van der Waals surface area contributed by atoms with Gasteiger partial charge in [-0.3, -0.25) is 9.59 Å². The molecule has 0 unspecified atom stereocenters. The summed E-state index contributed by atoms with van der Waals surface area (Å²) in [5.74, 6) is -0.467. The molecule has 1 aliphatic rings. The molecule has 1 aliphatic carbocycles. The highest BCUT2D eigenvalue weighted by molar-refractivity contribution is 5.95. The number of rotatable bonds is 4. The van der Waals surface area contributed by atoms with Crippen LogP contribution in [0.2, 0.25) is 0 Å². The Kier molecular flexibility index (Phi) is 4.65. The van der Waals surface area contributed by atoms with Crippen molar-refractivity contribution < 1.29 is 19.1 Å². The van der Waals surface area contributed by atoms with E-state index in [-0.39, 0.29) is 23.8 Å². The van der Waals surface area contributed by atoms with E-state index in [9.17, 15) is 14.4 Å². The highest BCUT2D eigenvalue weighted by Crippen LogP contribution is 2.32. The van der Waals surface area contributed by atoms with Crippen LogP contribution >= 0.6 is 0 Å². The molecule has 3 amide bonds. The molecule has 0 heterocycles. The lowest BCUT2D eigenvalue weighted by atomic mass is 9.79. The molecule has 22 heavy (non-hydrogen) atoms. The molecule has 2 rings (SSSR count). The molecule has 0 aromatic heterocycles. The number of urea groups is 1. The summed E-state index contributed by atoms with van der Waals surface area (Å²) in [7, 11) is 3.09. The summed E-state index contributed by atoms with van der Waals surface area (Å²) in [5.41, 5.74) is 6.06. The Bertz CT molecular complexity index is 579. The number of hydrogen-bond donors (Lipinski definition) is 2. The maximum absolute atomic E-state index is 12.4. The van der Waals surface area contributed by atoms with Gasteiger partial charge >= 0.3 is 12.0 Å². The van der Waals surface area contributed by atoms with Crippen molar-refractivity contribution in [2.45, 2.75) is 18.9 Å². The molecule has 1 aromatic carbocycles. The second-order valence-electron chi connectivity index (χ2n) is 5.33. The van der Waals surface area contributed by atoms with Gasteiger partial charge in [-0.25, -0.2) is 4.79 Å². The number of nitrogens with two attached hydrogens (primary N) is 1. The zero-order valence-electron chi connectivity index (χ0n) is 12.5. The third-order valence-electron chi connectivity index (χ3n) is 3.92. The van der Waals surface area contributed by atoms with Gasteiger partial charge in [0.2, 0.25) is 0 Å². The van der Waals surface area contributed by atoms with Crippen molar-refractivity contribution in [3.63, 3.8) is 0 Å². The summed E-state index contributed by atoms with van der Waals surface area (Å²) in [6, 6.07) is 5.87. The highest BCUT2D eigenvalue weighted by atomic mass is 16.5. The zero-order chi connectivity index (χ0) is 16.3. The number of carbonyl (C=O) groups excluding carboxylic acids is 3. The van der Waals surface area contributed by atoms with Crippen LogP contribution in [0.15, 0.2) is 24.3 Å². The number of ether oxygens (including phenoxy) is 1. The average molecular weight is 305 g/mol. The Morgan fingerprint density at radius 1 is 1.23 bits per heavy atom. The standard InChI is InChI=1S/C15H19N3O4/c1-18(12-7-10(8-12)14(20)22-2)13(19)9-3-5-11(6-4-9)17-15(16)21/h3-6,10,12H,7-8H2,1-2H3,(H3,16,17,21). The first-order chi connectivity index (χ1) is 10.4. The number of benzene rings is 1. The number of methoxy groups -OCH3 is 1. The SMILES string of the molecule is COC(=O)C1CC(N(C)C(=O)c2ccc(NC(N)=O)cc2)C1. The lowest BCUT2D eigenvalue weighted by Crippen LogP contribution is -2.48. The highest BCUT2D eigenvalue weighted by Gasteiger charge is 2.39. The van der Waals surface area contributed by atoms with E-state index in [1.165, 1.54) is 7.11 Å². The van der Waals surface area contributed by atoms with E-state index in [0.29, 0.717) is 24.1 Å². The van der Waals surface area contributed by atoms with Crippen molar-refractivity contribution in [1.29, 1.82) is 0 Å². The van der Waals surface area contributed by atoms with Crippen molar-refractivity contribution in [2.24, 2.45) is 11.7 Å². The molecule has 3 N–H and O–H groups in total. The number of nitrogens with one attached hydrogen (secondary N) is 1. The summed E-state index contributed by atoms with van der Waals surface area (Å²) < 4.78 is 4.69. The van der Waals surface area contributed by atoms with Gasteiger partial charge in [0.05, 0.1) is 13.0 Å². The molecule has 0 atom stereocenters. The lowest BCUT2D eigenvalue weighted by Gasteiger charge is -2.39. The smallest absolute Gasteiger partial charge is 0.316 e. The molecule has 0 bridgehead atoms. The maximum atomic E-state index is 12.4. The van der Waals surface area contributed by atoms with Crippen molar-refractivity contribution in [3.8, 4) is 0 Å². The Labute approximate surface area is 128 Å². The second kappa shape index (κ2) is 6.46. The Balaban J connectivity index is 1.94. The van der Waals surface area contributed by atoms with E-state index >= 15 is 0 Å². The van der Waals surface area contributed by atoms with Gasteiger partial charge in [0, 0.05) is 24.3 Å². The molecule has 1 aromatic rings. The van der Waals surface area contributed by atoms with Gasteiger partial charge in [-0.2, -0.15) is 0 Å². The van der Waals surface area contributed by atoms with Crippen LogP contribution in [-0.4, -0.2) is 43.0 Å². The predicted octanol–water partition coefficient (Wildman–Crippen LogP) is 1.20. The van der Waals surface area contributed by atoms with E-state index in [1.807, 2.05) is 0 Å². The zero-order valence-corrected chi connectivity index (χ0v) is 12.5. The molecule has 118 valence electrons. The van der Waals surface area contributed by atoms with Gasteiger partial charge in [-0.15, -0.1) is 0 Å². The van der Waals surface area contributed by atoms with E-state index in [0.717, 1.165) is 0 Å². The summed E-state index contributed by atoms with van der Waals surface area (Å²) >= 11 is 0. The third-order valence-corrected chi connectivity index (χ3v) is 3.92. The van der Waals surface area contributed by atoms with Crippen LogP contribution < -0.4 is 11.1 Å². The normalized spacial score (nSPS) is 19.7. The minimum atomic E-state index is -0.653. The number of esters is 1. The number of hydrogen-bond acceptors (Lipinski definition) is 4. The van der Waals surface area contributed by atoms with Crippen LogP contribution in [-0.2, 0) is 9.53 Å². The molecule has 0 aliphatic heterocycles. The number of primary amides is 1. The van der Waals surface area contributed by atoms with Crippen molar-refractivity contribution in [2.75, 3.05) is 19.5 Å². The molecular formula is C15H19N3O4. The fourth-order valence-electron chi connectivity index (χ4n) is 2.47. The van der Waals surface area contributed by atoms with Gasteiger partial charge < -0.3 is 20.7 Å². The molecule has 1 fully saturated rings. The minimum Gasteiger partial charge on any atom is -0.469 e. The molecule has 1 saturated carbocycles. The number of carbonyl (C=O) groups is 3. The first-order valence-electron chi connectivity index (χ1n) is 6.94. The molecule has 0 spiro atoms. The largest absolute Gasteiger partial charge is 0.469 e. The van der Waals surface area contributed by atoms with Crippen LogP contribution in [0.3, 0.4) is 0 Å². The van der Waals surface area contributed by atoms with Crippen LogP contribution in [0.25, 0.3) is 0 Å². The van der Waals surface area contributed by atoms with Gasteiger partial charge in [0.15, 0.2) is 0 Å². The molecular weight excluding hydrogens is 286 g/mol. The minimum absolute atomic E-state index is 0.0417. The summed E-state index contributed by atoms with van der Waals surface area (Å²) in [4.78, 5) is 36.1. The van der Waals surface area contributed by atoms with Gasteiger partial charge in [-0.05, 0) is 37.1 Å². The first kappa shape index (κ1) is 15.8. The van der Waals surface area contributed by atoms with Crippen molar-refractivity contribution in [1.82, 2.24) is 4.90 Å². The third kappa shape index (κ3) is 3.36. The summed E-state index contributed by atoms with van der Waals surface area (Å²) in [5, 5.41) is 2.43. The van der Waals surface area contributed by atoms with E-state index in [4.69, 9.17) is 5.73 Å². The number of amides is 3. The van der Waals surface area contributed by atoms with E-state index in [2.05, 4.69) is 10.1 Å². The summed E-state index contributed by atoms with van der Waals surface area (Å²) in [6.45, 7) is 0. The van der Waals surface area contributed by atoms with Crippen LogP contribution in [0, 0.1) is 5.92 Å². The van der Waals surface area contributed by atoms with Crippen LogP contribution in [0.4, 0.5) is 10.5 Å². The number of nitrogens with zero attached hydrogens (tertiary/aromatic N) is 1. The van der Waals surface area contributed by atoms with Gasteiger partial charge in [0.1, 0.15) is 0 Å². The predicted molar refractivity (Wildman–Crippen MR) is 80.3 cm³/mol. The van der Waals surface area contributed by atoms with Crippen LogP contribution in [0.1, 0.15) is 23.2 Å². The average Bonchev–Trinajstić information content (AvgIpc) is 2.44. The quantitative estimate of drug-likeness (QED) is 0.816.